The van der Waals surface area contributed by atoms with Crippen molar-refractivity contribution in [2.45, 2.75) is 39.0 Å². The van der Waals surface area contributed by atoms with Gasteiger partial charge in [0.1, 0.15) is 10.8 Å². The number of hydrogen-bond donors (Lipinski definition) is 2. The normalized spacial score (nSPS) is 11.0. The minimum atomic E-state index is -0.633. The number of hydrogen-bond acceptors (Lipinski definition) is 6. The van der Waals surface area contributed by atoms with E-state index in [0.29, 0.717) is 18.0 Å². The van der Waals surface area contributed by atoms with Crippen LogP contribution in [0.2, 0.25) is 0 Å². The number of nitrogens with two attached hydrogens (primary N) is 1. The van der Waals surface area contributed by atoms with Gasteiger partial charge in [0.15, 0.2) is 6.61 Å². The molecule has 3 N–H and O–H groups in total. The molecule has 0 spiro atoms. The maximum Gasteiger partial charge on any atom is 0.306 e. The zero-order valence-corrected chi connectivity index (χ0v) is 17.6. The summed E-state index contributed by atoms with van der Waals surface area (Å²) in [6.45, 7) is 6.38. The predicted molar refractivity (Wildman–Crippen MR) is 112 cm³/mol. The fourth-order valence-corrected chi connectivity index (χ4v) is 3.25. The van der Waals surface area contributed by atoms with Gasteiger partial charge in [-0.25, -0.2) is 0 Å². The Morgan fingerprint density at radius 1 is 1.10 bits per heavy atom. The number of benzene rings is 1. The zero-order valence-electron chi connectivity index (χ0n) is 16.8. The van der Waals surface area contributed by atoms with Gasteiger partial charge >= 0.3 is 5.97 Å². The molecule has 0 aliphatic rings. The molecule has 7 nitrogen and oxygen atoms in total. The molecule has 2 rings (SSSR count). The number of esters is 1. The van der Waals surface area contributed by atoms with Crippen LogP contribution in [0, 0.1) is 0 Å². The van der Waals surface area contributed by atoms with Gasteiger partial charge in [-0.3, -0.25) is 14.4 Å². The van der Waals surface area contributed by atoms with Crippen LogP contribution >= 0.6 is 11.3 Å². The van der Waals surface area contributed by atoms with Crippen molar-refractivity contribution in [1.82, 2.24) is 0 Å². The van der Waals surface area contributed by atoms with Gasteiger partial charge in [0, 0.05) is 6.42 Å². The molecule has 1 heterocycles. The third-order valence-corrected chi connectivity index (χ3v) is 4.89. The first kappa shape index (κ1) is 22.4. The highest BCUT2D eigenvalue weighted by Crippen LogP contribution is 2.24. The third-order valence-electron chi connectivity index (χ3n) is 4.06. The number of rotatable bonds is 9. The van der Waals surface area contributed by atoms with Gasteiger partial charge in [0.2, 0.25) is 0 Å². The van der Waals surface area contributed by atoms with Crippen molar-refractivity contribution in [3.8, 4) is 5.75 Å². The van der Waals surface area contributed by atoms with Crippen LogP contribution in [-0.4, -0.2) is 31.0 Å². The number of anilines is 1. The monoisotopic (exact) mass is 418 g/mol. The molecule has 0 atom stereocenters. The van der Waals surface area contributed by atoms with E-state index >= 15 is 0 Å². The van der Waals surface area contributed by atoms with E-state index in [1.54, 1.807) is 5.38 Å². The van der Waals surface area contributed by atoms with Crippen LogP contribution in [0.1, 0.15) is 49.5 Å². The molecular formula is C21H26N2O5S. The zero-order chi connectivity index (χ0) is 21.4. The number of carbonyl (C=O) groups is 3. The van der Waals surface area contributed by atoms with Crippen LogP contribution in [0.4, 0.5) is 5.00 Å². The van der Waals surface area contributed by atoms with Gasteiger partial charge < -0.3 is 20.5 Å². The van der Waals surface area contributed by atoms with Crippen LogP contribution in [0.15, 0.2) is 35.7 Å². The van der Waals surface area contributed by atoms with Crippen molar-refractivity contribution >= 4 is 34.1 Å². The van der Waals surface area contributed by atoms with E-state index in [9.17, 15) is 14.4 Å². The van der Waals surface area contributed by atoms with Crippen molar-refractivity contribution in [1.29, 1.82) is 0 Å². The van der Waals surface area contributed by atoms with Gasteiger partial charge in [-0.05, 0) is 41.0 Å². The second-order valence-corrected chi connectivity index (χ2v) is 8.38. The Kier molecular flexibility index (Phi) is 7.78. The molecule has 0 saturated heterocycles. The van der Waals surface area contributed by atoms with E-state index in [1.807, 2.05) is 24.3 Å². The van der Waals surface area contributed by atoms with Gasteiger partial charge in [-0.1, -0.05) is 32.9 Å². The minimum Gasteiger partial charge on any atom is -0.494 e. The molecule has 0 saturated carbocycles. The topological polar surface area (TPSA) is 108 Å². The van der Waals surface area contributed by atoms with Gasteiger partial charge in [-0.15, -0.1) is 11.3 Å². The quantitative estimate of drug-likeness (QED) is 0.479. The summed E-state index contributed by atoms with van der Waals surface area (Å²) in [5.41, 5.74) is 6.74. The molecule has 0 aliphatic carbocycles. The molecule has 0 unspecified atom stereocenters. The summed E-state index contributed by atoms with van der Waals surface area (Å²) in [6.07, 6.45) is 0.608. The Morgan fingerprint density at radius 2 is 1.79 bits per heavy atom. The lowest BCUT2D eigenvalue weighted by Gasteiger charge is -2.19. The number of carbonyl (C=O) groups excluding carboxylic acids is 3. The molecular weight excluding hydrogens is 392 g/mol. The number of ether oxygens (including phenoxy) is 2. The molecule has 29 heavy (non-hydrogen) atoms. The standard InChI is InChI=1S/C21H26N2O5S/c1-21(2,3)14-6-8-15(9-7-14)27-11-4-5-18(25)28-13-17(24)23-20-16(19(22)26)10-12-29-20/h6-10,12H,4-5,11,13H2,1-3H3,(H2,22,26)(H,23,24). The second-order valence-electron chi connectivity index (χ2n) is 7.46. The molecule has 0 bridgehead atoms. The van der Waals surface area contributed by atoms with Crippen molar-refractivity contribution < 1.29 is 23.9 Å². The molecule has 0 aliphatic heterocycles. The number of primary amides is 1. The van der Waals surface area contributed by atoms with Crippen molar-refractivity contribution in [3.63, 3.8) is 0 Å². The number of thiophene rings is 1. The van der Waals surface area contributed by atoms with Gasteiger partial charge in [0.25, 0.3) is 11.8 Å². The highest BCUT2D eigenvalue weighted by Gasteiger charge is 2.14. The highest BCUT2D eigenvalue weighted by atomic mass is 32.1. The molecule has 1 aromatic carbocycles. The first-order chi connectivity index (χ1) is 13.7. The molecule has 1 aromatic heterocycles. The first-order valence-electron chi connectivity index (χ1n) is 9.23. The Labute approximate surface area is 174 Å². The SMILES string of the molecule is CC(C)(C)c1ccc(OCCCC(=O)OCC(=O)Nc2sccc2C(N)=O)cc1. The number of nitrogens with one attached hydrogen (secondary N) is 1. The Balaban J connectivity index is 1.65. The Morgan fingerprint density at radius 3 is 2.41 bits per heavy atom. The molecule has 156 valence electrons. The maximum atomic E-state index is 11.8. The molecule has 0 fully saturated rings. The maximum absolute atomic E-state index is 11.8. The average molecular weight is 419 g/mol. The van der Waals surface area contributed by atoms with Crippen LogP contribution in [0.3, 0.4) is 0 Å². The Bertz CT molecular complexity index is 853. The summed E-state index contributed by atoms with van der Waals surface area (Å²) in [5.74, 6) is -0.912. The minimum absolute atomic E-state index is 0.0828. The highest BCUT2D eigenvalue weighted by molar-refractivity contribution is 7.14. The fourth-order valence-electron chi connectivity index (χ4n) is 2.44. The summed E-state index contributed by atoms with van der Waals surface area (Å²) in [7, 11) is 0. The smallest absolute Gasteiger partial charge is 0.306 e. The largest absolute Gasteiger partial charge is 0.494 e. The van der Waals surface area contributed by atoms with Crippen molar-refractivity contribution in [3.05, 3.63) is 46.8 Å². The van der Waals surface area contributed by atoms with Crippen molar-refractivity contribution in [2.75, 3.05) is 18.5 Å². The second kappa shape index (κ2) is 10.1. The first-order valence-corrected chi connectivity index (χ1v) is 10.1. The van der Waals surface area contributed by atoms with Crippen LogP contribution in [0.25, 0.3) is 0 Å². The molecule has 8 heteroatoms. The van der Waals surface area contributed by atoms with Gasteiger partial charge in [0.05, 0.1) is 12.2 Å². The summed E-state index contributed by atoms with van der Waals surface area (Å²) in [6, 6.07) is 9.40. The van der Waals surface area contributed by atoms with E-state index in [2.05, 4.69) is 26.1 Å². The van der Waals surface area contributed by atoms with E-state index in [1.165, 1.54) is 23.0 Å². The Hall–Kier alpha value is -2.87. The van der Waals surface area contributed by atoms with Crippen LogP contribution < -0.4 is 15.8 Å². The van der Waals surface area contributed by atoms with E-state index in [4.69, 9.17) is 15.2 Å². The molecule has 2 aromatic rings. The van der Waals surface area contributed by atoms with E-state index in [-0.39, 0.29) is 17.4 Å². The van der Waals surface area contributed by atoms with E-state index in [0.717, 1.165) is 5.75 Å². The van der Waals surface area contributed by atoms with Crippen LogP contribution in [-0.2, 0) is 19.7 Å². The fraction of sp³-hybridized carbons (Fsp3) is 0.381. The van der Waals surface area contributed by atoms with Gasteiger partial charge in [-0.2, -0.15) is 0 Å². The third kappa shape index (κ3) is 7.23. The summed E-state index contributed by atoms with van der Waals surface area (Å²) in [4.78, 5) is 34.8. The average Bonchev–Trinajstić information content (AvgIpc) is 3.11. The predicted octanol–water partition coefficient (Wildman–Crippen LogP) is 3.49. The molecule has 0 radical (unpaired) electrons. The molecule has 2 amide bonds. The number of amides is 2. The summed E-state index contributed by atoms with van der Waals surface area (Å²) >= 11 is 1.17. The van der Waals surface area contributed by atoms with E-state index < -0.39 is 24.4 Å². The lowest BCUT2D eigenvalue weighted by Crippen LogP contribution is -2.22. The summed E-state index contributed by atoms with van der Waals surface area (Å²) < 4.78 is 10.6. The summed E-state index contributed by atoms with van der Waals surface area (Å²) in [5, 5.41) is 4.48. The lowest BCUT2D eigenvalue weighted by molar-refractivity contribution is -0.147. The van der Waals surface area contributed by atoms with Crippen LogP contribution in [0.5, 0.6) is 5.75 Å². The lowest BCUT2D eigenvalue weighted by atomic mass is 9.87. The van der Waals surface area contributed by atoms with Crippen molar-refractivity contribution in [2.24, 2.45) is 5.73 Å².